The number of rotatable bonds is 3. The summed E-state index contributed by atoms with van der Waals surface area (Å²) in [4.78, 5) is 22.7. The molecule has 0 N–H and O–H groups in total. The van der Waals surface area contributed by atoms with E-state index in [1.807, 2.05) is 54.3 Å². The lowest BCUT2D eigenvalue weighted by molar-refractivity contribution is -0.0121. The molecule has 0 saturated carbocycles. The molecule has 0 aliphatic carbocycles. The molecule has 0 spiro atoms. The molecule has 0 aromatic heterocycles. The Hall–Kier alpha value is -2.02. The molecule has 2 aliphatic rings. The van der Waals surface area contributed by atoms with Crippen molar-refractivity contribution in [2.24, 2.45) is 4.99 Å². The average Bonchev–Trinajstić information content (AvgIpc) is 3.01. The summed E-state index contributed by atoms with van der Waals surface area (Å²) in [5.74, 6) is 0.714. The number of nitrogens with zero attached hydrogens (tertiary/aromatic N) is 3. The number of aliphatic imine (C=N–C) groups is 1. The Morgan fingerprint density at radius 1 is 1.11 bits per heavy atom. The summed E-state index contributed by atoms with van der Waals surface area (Å²) in [6.45, 7) is 7.05. The number of amides is 1. The van der Waals surface area contributed by atoms with Gasteiger partial charge in [-0.2, -0.15) is 0 Å². The van der Waals surface area contributed by atoms with Crippen LogP contribution in [0.15, 0.2) is 64.1 Å². The van der Waals surface area contributed by atoms with Gasteiger partial charge in [0.05, 0.1) is 13.2 Å². The fraction of sp³-hybridized carbons (Fsp3) is 0.364. The molecule has 28 heavy (non-hydrogen) atoms. The van der Waals surface area contributed by atoms with E-state index >= 15 is 0 Å². The van der Waals surface area contributed by atoms with Crippen LogP contribution in [0.3, 0.4) is 0 Å². The summed E-state index contributed by atoms with van der Waals surface area (Å²) in [6, 6.07) is 17.7. The Labute approximate surface area is 174 Å². The van der Waals surface area contributed by atoms with Gasteiger partial charge in [0.15, 0.2) is 0 Å². The Kier molecular flexibility index (Phi) is 5.36. The lowest BCUT2D eigenvalue weighted by atomic mass is 9.86. The third-order valence-electron chi connectivity index (χ3n) is 5.64. The summed E-state index contributed by atoms with van der Waals surface area (Å²) in [5.41, 5.74) is 1.15. The van der Waals surface area contributed by atoms with E-state index in [0.29, 0.717) is 18.8 Å². The molecule has 0 bridgehead atoms. The molecule has 1 saturated heterocycles. The van der Waals surface area contributed by atoms with E-state index in [9.17, 15) is 4.79 Å². The summed E-state index contributed by atoms with van der Waals surface area (Å²) in [7, 11) is 0. The zero-order valence-corrected chi connectivity index (χ0v) is 17.7. The maximum absolute atomic E-state index is 13.6. The second-order valence-corrected chi connectivity index (χ2v) is 8.28. The van der Waals surface area contributed by atoms with Gasteiger partial charge >= 0.3 is 0 Å². The molecule has 0 radical (unpaired) electrons. The van der Waals surface area contributed by atoms with E-state index in [4.69, 9.17) is 9.73 Å². The van der Waals surface area contributed by atoms with Gasteiger partial charge in [0.25, 0.3) is 5.91 Å². The van der Waals surface area contributed by atoms with Crippen molar-refractivity contribution in [3.63, 3.8) is 0 Å². The minimum absolute atomic E-state index is 0.0316. The van der Waals surface area contributed by atoms with Gasteiger partial charge in [0.1, 0.15) is 17.5 Å². The Balaban J connectivity index is 1.78. The molecule has 5 nitrogen and oxygen atoms in total. The number of amidine groups is 1. The Bertz CT molecular complexity index is 878. The lowest BCUT2D eigenvalue weighted by Crippen LogP contribution is -2.57. The molecule has 2 aromatic rings. The molecule has 2 heterocycles. The quantitative estimate of drug-likeness (QED) is 0.725. The van der Waals surface area contributed by atoms with Crippen molar-refractivity contribution in [1.29, 1.82) is 0 Å². The Morgan fingerprint density at radius 2 is 1.75 bits per heavy atom. The molecule has 2 aromatic carbocycles. The van der Waals surface area contributed by atoms with Gasteiger partial charge in [-0.15, -0.1) is 0 Å². The molecule has 146 valence electrons. The zero-order valence-electron chi connectivity index (χ0n) is 16.1. The van der Waals surface area contributed by atoms with Crippen molar-refractivity contribution >= 4 is 27.7 Å². The fourth-order valence-corrected chi connectivity index (χ4v) is 4.47. The maximum Gasteiger partial charge on any atom is 0.260 e. The minimum Gasteiger partial charge on any atom is -0.379 e. The predicted octanol–water partition coefficient (Wildman–Crippen LogP) is 3.90. The van der Waals surface area contributed by atoms with Crippen LogP contribution in [0, 0.1) is 0 Å². The highest BCUT2D eigenvalue weighted by Crippen LogP contribution is 2.41. The Morgan fingerprint density at radius 3 is 2.39 bits per heavy atom. The lowest BCUT2D eigenvalue weighted by Gasteiger charge is -2.44. The smallest absolute Gasteiger partial charge is 0.260 e. The standard InChI is InChI=1S/C22H24BrN3O2/c1-16-24-21(25-12-14-28-15-13-25)22(2,18-6-4-3-5-7-18)26(16)20(27)17-8-10-19(23)11-9-17/h3-11,21H,12-15H2,1-2H3. The van der Waals surface area contributed by atoms with E-state index in [-0.39, 0.29) is 12.1 Å². The molecule has 4 rings (SSSR count). The number of hydrogen-bond donors (Lipinski definition) is 0. The van der Waals surface area contributed by atoms with E-state index < -0.39 is 5.54 Å². The van der Waals surface area contributed by atoms with Crippen molar-refractivity contribution in [2.75, 3.05) is 26.3 Å². The van der Waals surface area contributed by atoms with Gasteiger partial charge in [-0.25, -0.2) is 0 Å². The predicted molar refractivity (Wildman–Crippen MR) is 113 cm³/mol. The van der Waals surface area contributed by atoms with Crippen LogP contribution in [0.5, 0.6) is 0 Å². The third-order valence-corrected chi connectivity index (χ3v) is 6.17. The number of morpholine rings is 1. The van der Waals surface area contributed by atoms with Crippen LogP contribution >= 0.6 is 15.9 Å². The second kappa shape index (κ2) is 7.78. The number of carbonyl (C=O) groups excluding carboxylic acids is 1. The molecular weight excluding hydrogens is 418 g/mol. The third kappa shape index (κ3) is 3.30. The van der Waals surface area contributed by atoms with Crippen LogP contribution in [-0.4, -0.2) is 54.0 Å². The van der Waals surface area contributed by atoms with E-state index in [0.717, 1.165) is 29.0 Å². The number of carbonyl (C=O) groups is 1. The molecule has 2 aliphatic heterocycles. The molecule has 2 unspecified atom stereocenters. The van der Waals surface area contributed by atoms with Crippen LogP contribution in [0.25, 0.3) is 0 Å². The van der Waals surface area contributed by atoms with Crippen molar-refractivity contribution in [3.05, 3.63) is 70.2 Å². The highest BCUT2D eigenvalue weighted by molar-refractivity contribution is 9.10. The molecule has 2 atom stereocenters. The summed E-state index contributed by atoms with van der Waals surface area (Å²) >= 11 is 3.44. The van der Waals surface area contributed by atoms with Gasteiger partial charge in [0, 0.05) is 23.1 Å². The SMILES string of the molecule is CC1=NC(N2CCOCC2)C(C)(c2ccccc2)N1C(=O)c1ccc(Br)cc1. The first-order chi connectivity index (χ1) is 13.5. The summed E-state index contributed by atoms with van der Waals surface area (Å²) in [5, 5.41) is 0. The van der Waals surface area contributed by atoms with Crippen LogP contribution in [0.2, 0.25) is 0 Å². The van der Waals surface area contributed by atoms with Crippen molar-refractivity contribution in [2.45, 2.75) is 25.6 Å². The van der Waals surface area contributed by atoms with Crippen LogP contribution in [0.1, 0.15) is 29.8 Å². The fourth-order valence-electron chi connectivity index (χ4n) is 4.20. The highest BCUT2D eigenvalue weighted by atomic mass is 79.9. The normalized spacial score (nSPS) is 25.6. The van der Waals surface area contributed by atoms with E-state index in [2.05, 4.69) is 39.9 Å². The van der Waals surface area contributed by atoms with Crippen molar-refractivity contribution in [3.8, 4) is 0 Å². The summed E-state index contributed by atoms with van der Waals surface area (Å²) in [6.07, 6.45) is -0.141. The molecule has 1 amide bonds. The van der Waals surface area contributed by atoms with Gasteiger partial charge in [-0.05, 0) is 43.7 Å². The van der Waals surface area contributed by atoms with Gasteiger partial charge in [-0.1, -0.05) is 46.3 Å². The first kappa shape index (κ1) is 19.3. The second-order valence-electron chi connectivity index (χ2n) is 7.36. The minimum atomic E-state index is -0.590. The van der Waals surface area contributed by atoms with E-state index in [1.165, 1.54) is 0 Å². The van der Waals surface area contributed by atoms with Gasteiger partial charge in [0.2, 0.25) is 0 Å². The van der Waals surface area contributed by atoms with Crippen molar-refractivity contribution < 1.29 is 9.53 Å². The summed E-state index contributed by atoms with van der Waals surface area (Å²) < 4.78 is 6.49. The average molecular weight is 442 g/mol. The monoisotopic (exact) mass is 441 g/mol. The molecule has 6 heteroatoms. The number of hydrogen-bond acceptors (Lipinski definition) is 4. The van der Waals surface area contributed by atoms with Crippen molar-refractivity contribution in [1.82, 2.24) is 9.80 Å². The van der Waals surface area contributed by atoms with E-state index in [1.54, 1.807) is 0 Å². The first-order valence-electron chi connectivity index (χ1n) is 9.53. The highest BCUT2D eigenvalue weighted by Gasteiger charge is 2.52. The van der Waals surface area contributed by atoms with Gasteiger partial charge in [-0.3, -0.25) is 19.6 Å². The first-order valence-corrected chi connectivity index (χ1v) is 10.3. The molecular formula is C22H24BrN3O2. The van der Waals surface area contributed by atoms with Crippen LogP contribution in [0.4, 0.5) is 0 Å². The largest absolute Gasteiger partial charge is 0.379 e. The number of benzene rings is 2. The molecule has 1 fully saturated rings. The van der Waals surface area contributed by atoms with Crippen LogP contribution < -0.4 is 0 Å². The van der Waals surface area contributed by atoms with Gasteiger partial charge < -0.3 is 4.74 Å². The zero-order chi connectivity index (χ0) is 19.7. The maximum atomic E-state index is 13.6. The van der Waals surface area contributed by atoms with Crippen LogP contribution in [-0.2, 0) is 10.3 Å². The topological polar surface area (TPSA) is 45.1 Å². The number of ether oxygens (including phenoxy) is 1. The number of halogens is 1.